The van der Waals surface area contributed by atoms with Gasteiger partial charge in [-0.05, 0) is 51.4 Å². The first-order chi connectivity index (χ1) is 12.8. The van der Waals surface area contributed by atoms with Gasteiger partial charge in [0.1, 0.15) is 22.6 Å². The first kappa shape index (κ1) is 20.1. The zero-order valence-electron chi connectivity index (χ0n) is 16.2. The molecule has 1 aromatic rings. The summed E-state index contributed by atoms with van der Waals surface area (Å²) >= 11 is 6.21. The molecule has 2 heterocycles. The van der Waals surface area contributed by atoms with E-state index in [-0.39, 0.29) is 23.5 Å². The Morgan fingerprint density at radius 3 is 2.48 bits per heavy atom. The third kappa shape index (κ3) is 5.18. The topological polar surface area (TPSA) is 89.2 Å². The number of hydrogen-bond donors (Lipinski definition) is 1. The number of aromatic nitrogens is 2. The fourth-order valence-corrected chi connectivity index (χ4v) is 4.19. The summed E-state index contributed by atoms with van der Waals surface area (Å²) in [4.78, 5) is 34.9. The summed E-state index contributed by atoms with van der Waals surface area (Å²) < 4.78 is 0. The molecule has 1 amide bonds. The third-order valence-electron chi connectivity index (χ3n) is 5.79. The van der Waals surface area contributed by atoms with Gasteiger partial charge in [0.15, 0.2) is 0 Å². The fourth-order valence-electron chi connectivity index (χ4n) is 3.88. The van der Waals surface area contributed by atoms with Crippen molar-refractivity contribution in [2.24, 2.45) is 17.8 Å². The molecule has 2 aliphatic rings. The van der Waals surface area contributed by atoms with Gasteiger partial charge in [-0.25, -0.2) is 9.97 Å². The maximum Gasteiger partial charge on any atom is 0.225 e. The lowest BCUT2D eigenvalue weighted by Gasteiger charge is -2.33. The minimum absolute atomic E-state index is 0.127. The third-order valence-corrected chi connectivity index (χ3v) is 6.10. The Labute approximate surface area is 165 Å². The summed E-state index contributed by atoms with van der Waals surface area (Å²) in [5.74, 6) is 2.02. The van der Waals surface area contributed by atoms with Crippen LogP contribution in [0.15, 0.2) is 0 Å². The van der Waals surface area contributed by atoms with Gasteiger partial charge in [-0.3, -0.25) is 9.59 Å². The van der Waals surface area contributed by atoms with Gasteiger partial charge in [-0.2, -0.15) is 0 Å². The molecule has 0 bridgehead atoms. The van der Waals surface area contributed by atoms with Crippen molar-refractivity contribution in [1.29, 1.82) is 0 Å². The van der Waals surface area contributed by atoms with Crippen LogP contribution >= 0.6 is 11.6 Å². The van der Waals surface area contributed by atoms with Crippen LogP contribution in [0.25, 0.3) is 0 Å². The van der Waals surface area contributed by atoms with Gasteiger partial charge in [0, 0.05) is 36.9 Å². The van der Waals surface area contributed by atoms with E-state index < -0.39 is 0 Å². The molecule has 0 radical (unpaired) electrons. The van der Waals surface area contributed by atoms with E-state index in [4.69, 9.17) is 17.3 Å². The van der Waals surface area contributed by atoms with E-state index in [1.807, 2.05) is 11.8 Å². The molecule has 2 N–H and O–H groups in total. The van der Waals surface area contributed by atoms with Crippen LogP contribution in [-0.4, -0.2) is 39.6 Å². The number of nitrogens with two attached hydrogens (primary N) is 1. The van der Waals surface area contributed by atoms with E-state index in [9.17, 15) is 9.59 Å². The number of carbonyl (C=O) groups is 2. The first-order valence-electron chi connectivity index (χ1n) is 9.95. The number of halogens is 1. The molecule has 2 fully saturated rings. The average Bonchev–Trinajstić information content (AvgIpc) is 3.46. The van der Waals surface area contributed by atoms with Crippen molar-refractivity contribution in [2.45, 2.75) is 58.8 Å². The maximum atomic E-state index is 12.6. The number of piperidine rings is 1. The molecule has 27 heavy (non-hydrogen) atoms. The van der Waals surface area contributed by atoms with Crippen molar-refractivity contribution in [1.82, 2.24) is 14.9 Å². The van der Waals surface area contributed by atoms with Crippen molar-refractivity contribution >= 4 is 29.1 Å². The summed E-state index contributed by atoms with van der Waals surface area (Å²) in [6.07, 6.45) is 6.08. The Bertz CT molecular complexity index is 689. The van der Waals surface area contributed by atoms with Crippen molar-refractivity contribution in [3.8, 4) is 0 Å². The van der Waals surface area contributed by atoms with Crippen LogP contribution in [0, 0.1) is 24.7 Å². The minimum Gasteiger partial charge on any atom is -0.383 e. The number of nitrogens with zero attached hydrogens (tertiary/aromatic N) is 3. The zero-order chi connectivity index (χ0) is 19.6. The van der Waals surface area contributed by atoms with E-state index in [2.05, 4.69) is 9.97 Å². The molecular formula is C20H29ClN4O2. The number of anilines is 1. The van der Waals surface area contributed by atoms with E-state index in [1.54, 1.807) is 6.92 Å². The molecule has 1 aliphatic carbocycles. The van der Waals surface area contributed by atoms with E-state index in [0.717, 1.165) is 57.2 Å². The van der Waals surface area contributed by atoms with Crippen molar-refractivity contribution in [2.75, 3.05) is 18.8 Å². The second kappa shape index (κ2) is 8.55. The van der Waals surface area contributed by atoms with Crippen LogP contribution in [0.1, 0.15) is 56.8 Å². The number of Topliss-reactive ketones (excluding diaryl/α,β-unsaturated/α-hetero) is 1. The molecule has 0 unspecified atom stereocenters. The summed E-state index contributed by atoms with van der Waals surface area (Å²) in [6, 6.07) is 0. The highest BCUT2D eigenvalue weighted by Gasteiger charge is 2.33. The van der Waals surface area contributed by atoms with E-state index in [1.165, 1.54) is 0 Å². The highest BCUT2D eigenvalue weighted by Crippen LogP contribution is 2.32. The first-order valence-corrected chi connectivity index (χ1v) is 10.3. The molecule has 3 rings (SSSR count). The number of rotatable bonds is 7. The highest BCUT2D eigenvalue weighted by atomic mass is 35.5. The van der Waals surface area contributed by atoms with E-state index in [0.29, 0.717) is 29.1 Å². The molecule has 0 spiro atoms. The van der Waals surface area contributed by atoms with E-state index >= 15 is 0 Å². The average molecular weight is 393 g/mol. The molecule has 1 aliphatic heterocycles. The van der Waals surface area contributed by atoms with Gasteiger partial charge in [-0.15, -0.1) is 0 Å². The van der Waals surface area contributed by atoms with Gasteiger partial charge in [0.05, 0.1) is 0 Å². The lowest BCUT2D eigenvalue weighted by Crippen LogP contribution is -2.41. The Kier molecular flexibility index (Phi) is 6.35. The molecule has 148 valence electrons. The molecule has 1 saturated carbocycles. The quantitative estimate of drug-likeness (QED) is 0.719. The molecule has 1 saturated heterocycles. The zero-order valence-corrected chi connectivity index (χ0v) is 17.0. The van der Waals surface area contributed by atoms with Gasteiger partial charge >= 0.3 is 0 Å². The van der Waals surface area contributed by atoms with Crippen LogP contribution in [-0.2, 0) is 16.0 Å². The molecule has 0 aromatic carbocycles. The van der Waals surface area contributed by atoms with Crippen LogP contribution in [0.2, 0.25) is 5.15 Å². The molecule has 1 atom stereocenters. The lowest BCUT2D eigenvalue weighted by atomic mass is 9.90. The van der Waals surface area contributed by atoms with Crippen molar-refractivity contribution < 1.29 is 9.59 Å². The van der Waals surface area contributed by atoms with Crippen LogP contribution in [0.3, 0.4) is 0 Å². The maximum absolute atomic E-state index is 12.6. The predicted octanol–water partition coefficient (Wildman–Crippen LogP) is 3.20. The molecule has 6 nitrogen and oxygen atoms in total. The lowest BCUT2D eigenvalue weighted by molar-refractivity contribution is -0.138. The standard InChI is InChI=1S/C20H29ClN4O2/c1-12(11-17(26)15-4-5-15)20(27)25-9-7-14(8-10-25)3-6-16-18(21)23-13(2)24-19(16)22/h12,14-15H,3-11H2,1-2H3,(H2,22,23,24)/t12-/m1/s1. The Morgan fingerprint density at radius 1 is 1.22 bits per heavy atom. The van der Waals surface area contributed by atoms with Crippen molar-refractivity contribution in [3.63, 3.8) is 0 Å². The second-order valence-electron chi connectivity index (χ2n) is 8.08. The summed E-state index contributed by atoms with van der Waals surface area (Å²) in [5.41, 5.74) is 6.81. The molecule has 7 heteroatoms. The van der Waals surface area contributed by atoms with Gasteiger partial charge in [-0.1, -0.05) is 18.5 Å². The second-order valence-corrected chi connectivity index (χ2v) is 8.44. The Hall–Kier alpha value is -1.69. The van der Waals surface area contributed by atoms with Gasteiger partial charge < -0.3 is 10.6 Å². The SMILES string of the molecule is Cc1nc(N)c(CCC2CCN(C(=O)[C@H](C)CC(=O)C3CC3)CC2)c(Cl)n1. The largest absolute Gasteiger partial charge is 0.383 e. The number of aryl methyl sites for hydroxylation is 1. The van der Waals surface area contributed by atoms with Crippen LogP contribution < -0.4 is 5.73 Å². The smallest absolute Gasteiger partial charge is 0.225 e. The normalized spacial score (nSPS) is 19.1. The number of nitrogen functional groups attached to an aromatic ring is 1. The van der Waals surface area contributed by atoms with Gasteiger partial charge in [0.25, 0.3) is 0 Å². The number of ketones is 1. The fraction of sp³-hybridized carbons (Fsp3) is 0.700. The Balaban J connectivity index is 1.44. The number of carbonyl (C=O) groups excluding carboxylic acids is 2. The summed E-state index contributed by atoms with van der Waals surface area (Å²) in [7, 11) is 0. The minimum atomic E-state index is -0.196. The monoisotopic (exact) mass is 392 g/mol. The van der Waals surface area contributed by atoms with Gasteiger partial charge in [0.2, 0.25) is 5.91 Å². The highest BCUT2D eigenvalue weighted by molar-refractivity contribution is 6.30. The number of amides is 1. The number of hydrogen-bond acceptors (Lipinski definition) is 5. The molecule has 1 aromatic heterocycles. The summed E-state index contributed by atoms with van der Waals surface area (Å²) in [6.45, 7) is 5.19. The number of likely N-dealkylation sites (tertiary alicyclic amines) is 1. The van der Waals surface area contributed by atoms with Crippen LogP contribution in [0.4, 0.5) is 5.82 Å². The van der Waals surface area contributed by atoms with Crippen molar-refractivity contribution in [3.05, 3.63) is 16.5 Å². The summed E-state index contributed by atoms with van der Waals surface area (Å²) in [5, 5.41) is 0.446. The Morgan fingerprint density at radius 2 is 1.89 bits per heavy atom. The molecular weight excluding hydrogens is 364 g/mol. The predicted molar refractivity (Wildman–Crippen MR) is 105 cm³/mol. The van der Waals surface area contributed by atoms with Crippen LogP contribution in [0.5, 0.6) is 0 Å².